The predicted molar refractivity (Wildman–Crippen MR) is 111 cm³/mol. The molecule has 1 fully saturated rings. The number of hydrazine groups is 2. The van der Waals surface area contributed by atoms with Crippen LogP contribution in [-0.4, -0.2) is 60.1 Å². The molecule has 1 aromatic carbocycles. The van der Waals surface area contributed by atoms with Crippen LogP contribution in [0.5, 0.6) is 0 Å². The summed E-state index contributed by atoms with van der Waals surface area (Å²) >= 11 is 0. The van der Waals surface area contributed by atoms with Crippen LogP contribution in [0, 0.1) is 0 Å². The number of sulfone groups is 1. The first-order valence-electron chi connectivity index (χ1n) is 9.74. The first-order chi connectivity index (χ1) is 14.2. The number of hydrogen-bond donors (Lipinski definition) is 2. The minimum atomic E-state index is -3.22. The van der Waals surface area contributed by atoms with E-state index in [1.807, 2.05) is 42.4 Å². The molecule has 10 heteroatoms. The number of benzene rings is 1. The van der Waals surface area contributed by atoms with Gasteiger partial charge in [-0.3, -0.25) is 14.8 Å². The highest BCUT2D eigenvalue weighted by molar-refractivity contribution is 7.91. The van der Waals surface area contributed by atoms with Crippen molar-refractivity contribution in [2.24, 2.45) is 0 Å². The average molecular weight is 432 g/mol. The molecule has 9 nitrogen and oxygen atoms in total. The molecular weight excluding hydrogens is 406 g/mol. The van der Waals surface area contributed by atoms with E-state index < -0.39 is 15.1 Å². The van der Waals surface area contributed by atoms with E-state index in [1.165, 1.54) is 6.26 Å². The predicted octanol–water partition coefficient (Wildman–Crippen LogP) is 1.54. The molecule has 2 aliphatic rings. The van der Waals surface area contributed by atoms with Gasteiger partial charge >= 0.3 is 0 Å². The molecule has 160 valence electrons. The Morgan fingerprint density at radius 1 is 1.30 bits per heavy atom. The summed E-state index contributed by atoms with van der Waals surface area (Å²) in [6.07, 6.45) is 4.41. The van der Waals surface area contributed by atoms with Gasteiger partial charge < -0.3 is 9.84 Å². The van der Waals surface area contributed by atoms with Gasteiger partial charge in [-0.05, 0) is 19.8 Å². The van der Waals surface area contributed by atoms with E-state index in [4.69, 9.17) is 4.52 Å². The van der Waals surface area contributed by atoms with Crippen LogP contribution in [0.3, 0.4) is 0 Å². The van der Waals surface area contributed by atoms with Crippen LogP contribution in [0.1, 0.15) is 30.3 Å². The van der Waals surface area contributed by atoms with Crippen LogP contribution in [0.25, 0.3) is 11.3 Å². The number of rotatable bonds is 6. The van der Waals surface area contributed by atoms with Crippen molar-refractivity contribution < 1.29 is 17.7 Å². The molecule has 2 N–H and O–H groups in total. The number of aromatic nitrogens is 1. The molecule has 0 bridgehead atoms. The number of amides is 1. The highest BCUT2D eigenvalue weighted by Gasteiger charge is 2.41. The highest BCUT2D eigenvalue weighted by atomic mass is 32.2. The maximum atomic E-state index is 12.5. The van der Waals surface area contributed by atoms with Gasteiger partial charge in [0.25, 0.3) is 5.91 Å². The molecule has 2 aromatic rings. The molecule has 2 heterocycles. The van der Waals surface area contributed by atoms with Crippen molar-refractivity contribution in [2.75, 3.05) is 13.3 Å². The Morgan fingerprint density at radius 2 is 2.00 bits per heavy atom. The van der Waals surface area contributed by atoms with Crippen LogP contribution in [0.15, 0.2) is 52.8 Å². The quantitative estimate of drug-likeness (QED) is 0.709. The van der Waals surface area contributed by atoms with E-state index in [-0.39, 0.29) is 23.8 Å². The first kappa shape index (κ1) is 20.4. The Labute approximate surface area is 175 Å². The Bertz CT molecular complexity index is 1060. The van der Waals surface area contributed by atoms with Gasteiger partial charge in [-0.15, -0.1) is 5.53 Å². The Morgan fingerprint density at radius 3 is 2.67 bits per heavy atom. The smallest absolute Gasteiger partial charge is 0.290 e. The van der Waals surface area contributed by atoms with Gasteiger partial charge in [-0.25, -0.2) is 8.42 Å². The van der Waals surface area contributed by atoms with E-state index >= 15 is 0 Å². The number of nitrogens with one attached hydrogen (secondary N) is 2. The second kappa shape index (κ2) is 7.77. The zero-order valence-corrected chi connectivity index (χ0v) is 17.9. The zero-order chi connectivity index (χ0) is 21.5. The summed E-state index contributed by atoms with van der Waals surface area (Å²) in [7, 11) is -1.39. The Balaban J connectivity index is 1.34. The van der Waals surface area contributed by atoms with Crippen molar-refractivity contribution in [3.8, 4) is 11.3 Å². The maximum absolute atomic E-state index is 12.5. The lowest BCUT2D eigenvalue weighted by Gasteiger charge is -2.43. The minimum Gasteiger partial charge on any atom is -0.350 e. The molecule has 1 aromatic heterocycles. The summed E-state index contributed by atoms with van der Waals surface area (Å²) in [5.74, 6) is -0.137. The molecule has 1 aliphatic heterocycles. The van der Waals surface area contributed by atoms with Crippen molar-refractivity contribution in [1.29, 1.82) is 0 Å². The van der Waals surface area contributed by atoms with Crippen LogP contribution in [0.4, 0.5) is 0 Å². The summed E-state index contributed by atoms with van der Waals surface area (Å²) in [6.45, 7) is 1.68. The molecule has 0 radical (unpaired) electrons. The van der Waals surface area contributed by atoms with Gasteiger partial charge in [0, 0.05) is 37.2 Å². The average Bonchev–Trinajstić information content (AvgIpc) is 3.30. The van der Waals surface area contributed by atoms with Crippen molar-refractivity contribution >= 4 is 15.7 Å². The molecular formula is C20H25N5O4S. The van der Waals surface area contributed by atoms with Gasteiger partial charge in [-0.1, -0.05) is 35.5 Å². The fourth-order valence-corrected chi connectivity index (χ4v) is 4.24. The number of carbonyl (C=O) groups is 1. The second-order valence-corrected chi connectivity index (χ2v) is 10.2. The van der Waals surface area contributed by atoms with E-state index in [0.29, 0.717) is 24.2 Å². The minimum absolute atomic E-state index is 0.0183. The van der Waals surface area contributed by atoms with Gasteiger partial charge in [0.1, 0.15) is 10.9 Å². The third-order valence-electron chi connectivity index (χ3n) is 5.55. The van der Waals surface area contributed by atoms with E-state index in [9.17, 15) is 13.2 Å². The molecule has 1 atom stereocenters. The third-order valence-corrected chi connectivity index (χ3v) is 7.07. The van der Waals surface area contributed by atoms with E-state index in [0.717, 1.165) is 5.56 Å². The second-order valence-electron chi connectivity index (χ2n) is 7.84. The van der Waals surface area contributed by atoms with Crippen molar-refractivity contribution in [1.82, 2.24) is 26.0 Å². The molecule has 1 aliphatic carbocycles. The van der Waals surface area contributed by atoms with E-state index in [1.54, 1.807) is 24.2 Å². The summed E-state index contributed by atoms with van der Waals surface area (Å²) in [6, 6.07) is 11.2. The zero-order valence-electron chi connectivity index (χ0n) is 17.1. The van der Waals surface area contributed by atoms with Crippen LogP contribution >= 0.6 is 0 Å². The van der Waals surface area contributed by atoms with Gasteiger partial charge in [0.05, 0.1) is 11.7 Å². The SMILES string of the molecule is CC(C1=CN(C)NN1C1CC(NC(=O)c2cc(-c3ccccc3)no2)C1)S(C)(=O)=O. The molecule has 1 amide bonds. The fraction of sp³-hybridized carbons (Fsp3) is 0.400. The number of nitrogens with zero attached hydrogens (tertiary/aromatic N) is 3. The summed E-state index contributed by atoms with van der Waals surface area (Å²) in [4.78, 5) is 12.5. The van der Waals surface area contributed by atoms with Crippen molar-refractivity contribution in [3.05, 3.63) is 54.1 Å². The lowest BCUT2D eigenvalue weighted by molar-refractivity contribution is 0.0409. The lowest BCUT2D eigenvalue weighted by atomic mass is 9.86. The number of hydrogen-bond acceptors (Lipinski definition) is 8. The van der Waals surface area contributed by atoms with Crippen LogP contribution in [-0.2, 0) is 9.84 Å². The van der Waals surface area contributed by atoms with Gasteiger partial charge in [0.2, 0.25) is 5.76 Å². The molecule has 0 saturated heterocycles. The molecule has 30 heavy (non-hydrogen) atoms. The number of carbonyl (C=O) groups excluding carboxylic acids is 1. The van der Waals surface area contributed by atoms with Crippen molar-refractivity contribution in [2.45, 2.75) is 37.1 Å². The van der Waals surface area contributed by atoms with Crippen molar-refractivity contribution in [3.63, 3.8) is 0 Å². The monoisotopic (exact) mass is 431 g/mol. The maximum Gasteiger partial charge on any atom is 0.290 e. The van der Waals surface area contributed by atoms with Gasteiger partial charge in [-0.2, -0.15) is 0 Å². The van der Waals surface area contributed by atoms with E-state index in [2.05, 4.69) is 16.0 Å². The summed E-state index contributed by atoms with van der Waals surface area (Å²) in [5, 5.41) is 9.94. The first-order valence-corrected chi connectivity index (χ1v) is 11.7. The van der Waals surface area contributed by atoms with Crippen LogP contribution < -0.4 is 10.9 Å². The fourth-order valence-electron chi connectivity index (χ4n) is 3.63. The topological polar surface area (TPSA) is 108 Å². The molecule has 4 rings (SSSR count). The van der Waals surface area contributed by atoms with Crippen LogP contribution in [0.2, 0.25) is 0 Å². The normalized spacial score (nSPS) is 22.4. The molecule has 0 spiro atoms. The summed E-state index contributed by atoms with van der Waals surface area (Å²) < 4.78 is 29.2. The largest absolute Gasteiger partial charge is 0.350 e. The molecule has 1 unspecified atom stereocenters. The Kier molecular flexibility index (Phi) is 5.29. The summed E-state index contributed by atoms with van der Waals surface area (Å²) in [5.41, 5.74) is 5.35. The molecule has 1 saturated carbocycles. The lowest BCUT2D eigenvalue weighted by Crippen LogP contribution is -2.57. The van der Waals surface area contributed by atoms with Gasteiger partial charge in [0.15, 0.2) is 9.84 Å². The third kappa shape index (κ3) is 4.05. The standard InChI is InChI=1S/C20H25N5O4S/c1-13(30(3,27)28)18-12-24(2)23-25(18)16-9-15(10-16)21-20(26)19-11-17(22-29-19)14-7-5-4-6-8-14/h4-8,11-13,15-16,23H,9-10H2,1-3H3,(H,21,26). The Hall–Kier alpha value is -2.85. The highest BCUT2D eigenvalue weighted by Crippen LogP contribution is 2.32.